The normalized spacial score (nSPS) is 10.6. The average molecular weight is 250 g/mol. The molecule has 0 atom stereocenters. The smallest absolute Gasteiger partial charge is 0.267 e. The van der Waals surface area contributed by atoms with Crippen LogP contribution >= 0.6 is 11.6 Å². The molecule has 5 heteroatoms. The van der Waals surface area contributed by atoms with Crippen LogP contribution in [0.5, 0.6) is 0 Å². The maximum Gasteiger partial charge on any atom is 0.267 e. The Kier molecular flexibility index (Phi) is 4.56. The lowest BCUT2D eigenvalue weighted by Gasteiger charge is -2.07. The van der Waals surface area contributed by atoms with Crippen LogP contribution in [0.2, 0.25) is 5.02 Å². The maximum atomic E-state index is 11.7. The fourth-order valence-electron chi connectivity index (χ4n) is 1.16. The van der Waals surface area contributed by atoms with Crippen LogP contribution in [0.1, 0.15) is 0 Å². The van der Waals surface area contributed by atoms with Gasteiger partial charge in [-0.1, -0.05) is 17.7 Å². The van der Waals surface area contributed by atoms with Gasteiger partial charge in [0, 0.05) is 31.0 Å². The van der Waals surface area contributed by atoms with Crippen LogP contribution in [0.3, 0.4) is 0 Å². The van der Waals surface area contributed by atoms with Crippen molar-refractivity contribution in [1.82, 2.24) is 4.90 Å². The number of amides is 1. The highest BCUT2D eigenvalue weighted by atomic mass is 35.5. The molecule has 0 unspecified atom stereocenters. The third-order valence-corrected chi connectivity index (χ3v) is 2.07. The van der Waals surface area contributed by atoms with Crippen molar-refractivity contribution < 1.29 is 4.79 Å². The molecule has 0 saturated carbocycles. The Morgan fingerprint density at radius 3 is 2.76 bits per heavy atom. The summed E-state index contributed by atoms with van der Waals surface area (Å²) in [7, 11) is 3.48. The van der Waals surface area contributed by atoms with Gasteiger partial charge in [0.1, 0.15) is 11.6 Å². The summed E-state index contributed by atoms with van der Waals surface area (Å²) in [5.74, 6) is -0.455. The van der Waals surface area contributed by atoms with Crippen LogP contribution in [0.25, 0.3) is 0 Å². The van der Waals surface area contributed by atoms with Crippen LogP contribution in [0, 0.1) is 11.3 Å². The van der Waals surface area contributed by atoms with E-state index in [1.54, 1.807) is 43.3 Å². The monoisotopic (exact) mass is 249 g/mol. The minimum atomic E-state index is -0.455. The maximum absolute atomic E-state index is 11.7. The van der Waals surface area contributed by atoms with Gasteiger partial charge in [0.15, 0.2) is 0 Å². The lowest BCUT2D eigenvalue weighted by atomic mass is 10.2. The van der Waals surface area contributed by atoms with E-state index < -0.39 is 5.91 Å². The lowest BCUT2D eigenvalue weighted by Crippen LogP contribution is -2.16. The number of hydrogen-bond acceptors (Lipinski definition) is 3. The van der Waals surface area contributed by atoms with E-state index in [0.717, 1.165) is 0 Å². The summed E-state index contributed by atoms with van der Waals surface area (Å²) in [6.45, 7) is 0. The molecule has 0 aliphatic rings. The number of benzene rings is 1. The lowest BCUT2D eigenvalue weighted by molar-refractivity contribution is -0.112. The van der Waals surface area contributed by atoms with Crippen LogP contribution in [0.4, 0.5) is 5.69 Å². The van der Waals surface area contributed by atoms with Crippen molar-refractivity contribution in [3.63, 3.8) is 0 Å². The van der Waals surface area contributed by atoms with Crippen molar-refractivity contribution in [2.24, 2.45) is 0 Å². The highest BCUT2D eigenvalue weighted by molar-refractivity contribution is 6.31. The van der Waals surface area contributed by atoms with E-state index in [-0.39, 0.29) is 5.57 Å². The quantitative estimate of drug-likeness (QED) is 0.660. The Morgan fingerprint density at radius 1 is 1.53 bits per heavy atom. The molecule has 0 aromatic heterocycles. The second-order valence-electron chi connectivity index (χ2n) is 3.58. The van der Waals surface area contributed by atoms with E-state index in [1.165, 1.54) is 6.20 Å². The molecule has 1 rings (SSSR count). The Morgan fingerprint density at radius 2 is 2.24 bits per heavy atom. The molecule has 0 bridgehead atoms. The number of nitriles is 1. The average Bonchev–Trinajstić information content (AvgIpc) is 2.25. The van der Waals surface area contributed by atoms with E-state index in [1.807, 2.05) is 6.07 Å². The first kappa shape index (κ1) is 13.1. The number of nitrogens with zero attached hydrogens (tertiary/aromatic N) is 2. The molecule has 0 heterocycles. The van der Waals surface area contributed by atoms with E-state index in [9.17, 15) is 4.79 Å². The van der Waals surface area contributed by atoms with Gasteiger partial charge < -0.3 is 10.2 Å². The van der Waals surface area contributed by atoms with Crippen molar-refractivity contribution >= 4 is 23.2 Å². The molecule has 17 heavy (non-hydrogen) atoms. The predicted molar refractivity (Wildman–Crippen MR) is 67.5 cm³/mol. The Bertz CT molecular complexity index is 489. The van der Waals surface area contributed by atoms with Crippen LogP contribution in [0.15, 0.2) is 36.0 Å². The highest BCUT2D eigenvalue weighted by Gasteiger charge is 2.09. The third kappa shape index (κ3) is 4.17. The van der Waals surface area contributed by atoms with Gasteiger partial charge >= 0.3 is 0 Å². The zero-order chi connectivity index (χ0) is 12.8. The van der Waals surface area contributed by atoms with Crippen molar-refractivity contribution in [3.05, 3.63) is 41.1 Å². The predicted octanol–water partition coefficient (Wildman–Crippen LogP) is 2.25. The summed E-state index contributed by atoms with van der Waals surface area (Å²) in [4.78, 5) is 13.4. The van der Waals surface area contributed by atoms with Gasteiger partial charge in [0.05, 0.1) is 0 Å². The van der Waals surface area contributed by atoms with Crippen molar-refractivity contribution in [1.29, 1.82) is 5.26 Å². The first-order valence-corrected chi connectivity index (χ1v) is 5.26. The largest absolute Gasteiger partial charge is 0.382 e. The fraction of sp³-hybridized carbons (Fsp3) is 0.167. The molecular weight excluding hydrogens is 238 g/mol. The van der Waals surface area contributed by atoms with Crippen LogP contribution < -0.4 is 5.32 Å². The molecule has 0 aliphatic heterocycles. The molecule has 4 nitrogen and oxygen atoms in total. The number of rotatable bonds is 3. The van der Waals surface area contributed by atoms with E-state index >= 15 is 0 Å². The summed E-state index contributed by atoms with van der Waals surface area (Å²) < 4.78 is 0. The van der Waals surface area contributed by atoms with Gasteiger partial charge in [-0.2, -0.15) is 5.26 Å². The Labute approximate surface area is 105 Å². The van der Waals surface area contributed by atoms with Gasteiger partial charge in [-0.05, 0) is 18.2 Å². The van der Waals surface area contributed by atoms with Crippen molar-refractivity contribution in [2.45, 2.75) is 0 Å². The zero-order valence-corrected chi connectivity index (χ0v) is 10.3. The van der Waals surface area contributed by atoms with Crippen molar-refractivity contribution in [3.8, 4) is 6.07 Å². The number of carbonyl (C=O) groups is 1. The number of anilines is 1. The summed E-state index contributed by atoms with van der Waals surface area (Å²) in [5.41, 5.74) is 0.595. The van der Waals surface area contributed by atoms with Gasteiger partial charge in [-0.25, -0.2) is 0 Å². The second-order valence-corrected chi connectivity index (χ2v) is 4.02. The summed E-state index contributed by atoms with van der Waals surface area (Å²) in [5, 5.41) is 12.0. The van der Waals surface area contributed by atoms with Gasteiger partial charge in [-0.15, -0.1) is 0 Å². The van der Waals surface area contributed by atoms with Crippen LogP contribution in [-0.4, -0.2) is 24.9 Å². The molecule has 1 amide bonds. The molecule has 0 fully saturated rings. The highest BCUT2D eigenvalue weighted by Crippen LogP contribution is 2.15. The molecule has 0 saturated heterocycles. The first-order valence-electron chi connectivity index (χ1n) is 4.88. The summed E-state index contributed by atoms with van der Waals surface area (Å²) in [6.07, 6.45) is 1.46. The van der Waals surface area contributed by atoms with E-state index in [2.05, 4.69) is 5.32 Å². The molecule has 88 valence electrons. The topological polar surface area (TPSA) is 56.1 Å². The van der Waals surface area contributed by atoms with E-state index in [4.69, 9.17) is 16.9 Å². The number of hydrogen-bond donors (Lipinski definition) is 1. The molecule has 1 aromatic carbocycles. The molecule has 1 N–H and O–H groups in total. The Balaban J connectivity index is 2.82. The van der Waals surface area contributed by atoms with Crippen LogP contribution in [-0.2, 0) is 4.79 Å². The second kappa shape index (κ2) is 5.92. The van der Waals surface area contributed by atoms with E-state index in [0.29, 0.717) is 10.7 Å². The van der Waals surface area contributed by atoms with Crippen molar-refractivity contribution in [2.75, 3.05) is 19.4 Å². The molecule has 0 spiro atoms. The third-order valence-electron chi connectivity index (χ3n) is 1.83. The first-order chi connectivity index (χ1) is 8.02. The van der Waals surface area contributed by atoms with Gasteiger partial charge in [-0.3, -0.25) is 4.79 Å². The molecular formula is C12H12ClN3O. The van der Waals surface area contributed by atoms with Gasteiger partial charge in [0.25, 0.3) is 5.91 Å². The van der Waals surface area contributed by atoms with Gasteiger partial charge in [0.2, 0.25) is 0 Å². The SMILES string of the molecule is CN(C)/C=C(/C#N)C(=O)Nc1cccc(Cl)c1. The Hall–Kier alpha value is -1.99. The number of halogens is 1. The fourth-order valence-corrected chi connectivity index (χ4v) is 1.35. The summed E-state index contributed by atoms with van der Waals surface area (Å²) in [6, 6.07) is 8.59. The summed E-state index contributed by atoms with van der Waals surface area (Å²) >= 11 is 5.79. The minimum Gasteiger partial charge on any atom is -0.382 e. The minimum absolute atomic E-state index is 0.0370. The molecule has 0 aliphatic carbocycles. The number of nitrogens with one attached hydrogen (secondary N) is 1. The standard InChI is InChI=1S/C12H12ClN3O/c1-16(2)8-9(7-14)12(17)15-11-5-3-4-10(13)6-11/h3-6,8H,1-2H3,(H,15,17)/b9-8-. The zero-order valence-electron chi connectivity index (χ0n) is 9.57. The number of carbonyl (C=O) groups excluding carboxylic acids is 1. The molecule has 1 aromatic rings. The molecule has 0 radical (unpaired) electrons.